The van der Waals surface area contributed by atoms with Crippen molar-refractivity contribution >= 4 is 15.8 Å². The molecule has 0 saturated carbocycles. The molecule has 0 aliphatic rings. The third-order valence-electron chi connectivity index (χ3n) is 1.58. The smallest absolute Gasteiger partial charge is 0.294 e. The van der Waals surface area contributed by atoms with Crippen LogP contribution in [0.25, 0.3) is 0 Å². The molecule has 8 heteroatoms. The number of rotatable bonds is 1. The predicted molar refractivity (Wildman–Crippen MR) is 60.5 cm³/mol. The molecule has 90 valence electrons. The van der Waals surface area contributed by atoms with Gasteiger partial charge in [-0.3, -0.25) is 4.55 Å². The van der Waals surface area contributed by atoms with Gasteiger partial charge in [-0.1, -0.05) is 0 Å². The lowest BCUT2D eigenvalue weighted by Gasteiger charge is -1.95. The molecule has 0 aliphatic carbocycles. The summed E-state index contributed by atoms with van der Waals surface area (Å²) in [6.07, 6.45) is 4.31. The van der Waals surface area contributed by atoms with E-state index in [1.54, 1.807) is 0 Å². The van der Waals surface area contributed by atoms with E-state index in [0.29, 0.717) is 5.69 Å². The van der Waals surface area contributed by atoms with Crippen LogP contribution in [0.4, 0.5) is 5.69 Å². The fraction of sp³-hybridized carbons (Fsp3) is 0. The van der Waals surface area contributed by atoms with Gasteiger partial charge in [0.2, 0.25) is 0 Å². The number of nitrogen functional groups attached to an aromatic ring is 1. The van der Waals surface area contributed by atoms with E-state index in [-0.39, 0.29) is 4.90 Å². The first kappa shape index (κ1) is 13.0. The second-order valence-electron chi connectivity index (χ2n) is 2.84. The number of hydrogen-bond acceptors (Lipinski definition) is 6. The van der Waals surface area contributed by atoms with Crippen LogP contribution in [0.2, 0.25) is 0 Å². The summed E-state index contributed by atoms with van der Waals surface area (Å²) >= 11 is 0. The van der Waals surface area contributed by atoms with Gasteiger partial charge < -0.3 is 5.73 Å². The Bertz CT molecular complexity index is 516. The summed E-state index contributed by atoms with van der Waals surface area (Å²) in [6, 6.07) is 5.29. The fourth-order valence-electron chi connectivity index (χ4n) is 0.845. The molecular formula is C9H10N4O3S. The molecule has 0 atom stereocenters. The van der Waals surface area contributed by atoms with Crippen LogP contribution in [-0.2, 0) is 10.1 Å². The van der Waals surface area contributed by atoms with E-state index >= 15 is 0 Å². The molecule has 1 aromatic carbocycles. The summed E-state index contributed by atoms with van der Waals surface area (Å²) in [6.45, 7) is 0. The zero-order valence-electron chi connectivity index (χ0n) is 8.63. The van der Waals surface area contributed by atoms with Gasteiger partial charge in [-0.05, 0) is 24.3 Å². The Kier molecular flexibility index (Phi) is 4.49. The molecule has 0 aliphatic heterocycles. The monoisotopic (exact) mass is 254 g/mol. The van der Waals surface area contributed by atoms with Gasteiger partial charge in [0.1, 0.15) is 19.0 Å². The second kappa shape index (κ2) is 5.87. The van der Waals surface area contributed by atoms with Gasteiger partial charge in [0.25, 0.3) is 10.1 Å². The Morgan fingerprint density at radius 3 is 1.65 bits per heavy atom. The highest BCUT2D eigenvalue weighted by atomic mass is 32.2. The summed E-state index contributed by atoms with van der Waals surface area (Å²) in [5.41, 5.74) is 5.75. The first-order valence-electron chi connectivity index (χ1n) is 4.38. The third-order valence-corrected chi connectivity index (χ3v) is 2.45. The van der Waals surface area contributed by atoms with Crippen molar-refractivity contribution in [2.75, 3.05) is 5.73 Å². The maximum Gasteiger partial charge on any atom is 0.294 e. The quantitative estimate of drug-likeness (QED) is 0.557. The average molecular weight is 254 g/mol. The second-order valence-corrected chi connectivity index (χ2v) is 4.26. The highest BCUT2D eigenvalue weighted by Crippen LogP contribution is 2.10. The first-order chi connectivity index (χ1) is 8.00. The molecule has 0 spiro atoms. The van der Waals surface area contributed by atoms with Crippen molar-refractivity contribution in [3.8, 4) is 0 Å². The summed E-state index contributed by atoms with van der Waals surface area (Å²) in [5, 5.41) is 0. The number of nitrogens with two attached hydrogens (primary N) is 1. The Hall–Kier alpha value is -2.06. The molecule has 2 rings (SSSR count). The van der Waals surface area contributed by atoms with Gasteiger partial charge in [0, 0.05) is 5.69 Å². The zero-order chi connectivity index (χ0) is 12.7. The Balaban J connectivity index is 0.000000202. The van der Waals surface area contributed by atoms with Crippen molar-refractivity contribution in [2.24, 2.45) is 0 Å². The molecule has 0 bridgehead atoms. The van der Waals surface area contributed by atoms with Crippen molar-refractivity contribution in [1.29, 1.82) is 0 Å². The maximum atomic E-state index is 10.5. The third kappa shape index (κ3) is 5.00. The lowest BCUT2D eigenvalue weighted by atomic mass is 10.3. The number of aromatic nitrogens is 3. The van der Waals surface area contributed by atoms with Crippen molar-refractivity contribution < 1.29 is 13.0 Å². The standard InChI is InChI=1S/C6H7NO3S.C3H3N3/c7-5-1-3-6(4-2-5)11(8,9)10;1-4-2-6-3-5-1/h1-4H,7H2,(H,8,9,10);1-3H. The van der Waals surface area contributed by atoms with Crippen LogP contribution in [0.1, 0.15) is 0 Å². The van der Waals surface area contributed by atoms with Crippen molar-refractivity contribution in [2.45, 2.75) is 4.90 Å². The molecular weight excluding hydrogens is 244 g/mol. The minimum Gasteiger partial charge on any atom is -0.399 e. The van der Waals surface area contributed by atoms with Crippen LogP contribution in [0.5, 0.6) is 0 Å². The number of nitrogens with zero attached hydrogens (tertiary/aromatic N) is 3. The van der Waals surface area contributed by atoms with E-state index in [1.165, 1.54) is 43.2 Å². The summed E-state index contributed by atoms with van der Waals surface area (Å²) < 4.78 is 29.4. The van der Waals surface area contributed by atoms with Crippen LogP contribution in [0.3, 0.4) is 0 Å². The van der Waals surface area contributed by atoms with Gasteiger partial charge in [-0.15, -0.1) is 0 Å². The van der Waals surface area contributed by atoms with Crippen molar-refractivity contribution in [3.05, 3.63) is 43.2 Å². The zero-order valence-corrected chi connectivity index (χ0v) is 9.45. The number of benzene rings is 1. The van der Waals surface area contributed by atoms with E-state index in [0.717, 1.165) is 0 Å². The first-order valence-corrected chi connectivity index (χ1v) is 5.82. The fourth-order valence-corrected chi connectivity index (χ4v) is 1.32. The topological polar surface area (TPSA) is 119 Å². The highest BCUT2D eigenvalue weighted by molar-refractivity contribution is 7.85. The number of anilines is 1. The molecule has 0 amide bonds. The van der Waals surface area contributed by atoms with E-state index in [4.69, 9.17) is 10.3 Å². The van der Waals surface area contributed by atoms with Gasteiger partial charge in [0.05, 0.1) is 4.90 Å². The Labute approximate surface area is 98.1 Å². The molecule has 0 fully saturated rings. The summed E-state index contributed by atoms with van der Waals surface area (Å²) in [5.74, 6) is 0. The molecule has 17 heavy (non-hydrogen) atoms. The van der Waals surface area contributed by atoms with Crippen LogP contribution >= 0.6 is 0 Å². The largest absolute Gasteiger partial charge is 0.399 e. The lowest BCUT2D eigenvalue weighted by Crippen LogP contribution is -1.97. The highest BCUT2D eigenvalue weighted by Gasteiger charge is 2.06. The molecule has 1 aromatic heterocycles. The van der Waals surface area contributed by atoms with Gasteiger partial charge >= 0.3 is 0 Å². The molecule has 7 nitrogen and oxygen atoms in total. The van der Waals surface area contributed by atoms with Crippen LogP contribution in [0, 0.1) is 0 Å². The van der Waals surface area contributed by atoms with Crippen molar-refractivity contribution in [1.82, 2.24) is 15.0 Å². The molecule has 0 unspecified atom stereocenters. The minimum absolute atomic E-state index is 0.147. The lowest BCUT2D eigenvalue weighted by molar-refractivity contribution is 0.483. The minimum atomic E-state index is -4.08. The van der Waals surface area contributed by atoms with Crippen molar-refractivity contribution in [3.63, 3.8) is 0 Å². The van der Waals surface area contributed by atoms with E-state index in [9.17, 15) is 8.42 Å². The Morgan fingerprint density at radius 1 is 0.941 bits per heavy atom. The molecule has 1 heterocycles. The van der Waals surface area contributed by atoms with E-state index in [2.05, 4.69) is 15.0 Å². The van der Waals surface area contributed by atoms with Gasteiger partial charge in [-0.25, -0.2) is 15.0 Å². The molecule has 0 radical (unpaired) electrons. The molecule has 3 N–H and O–H groups in total. The summed E-state index contributed by atoms with van der Waals surface area (Å²) in [4.78, 5) is 10.5. The Morgan fingerprint density at radius 2 is 1.35 bits per heavy atom. The van der Waals surface area contributed by atoms with Crippen LogP contribution < -0.4 is 5.73 Å². The normalized spacial score (nSPS) is 10.2. The van der Waals surface area contributed by atoms with Crippen LogP contribution in [0.15, 0.2) is 48.1 Å². The maximum absolute atomic E-state index is 10.5. The SMILES string of the molecule is Nc1ccc(S(=O)(=O)O)cc1.c1ncncn1. The van der Waals surface area contributed by atoms with E-state index in [1.807, 2.05) is 0 Å². The summed E-state index contributed by atoms with van der Waals surface area (Å²) in [7, 11) is -4.08. The van der Waals surface area contributed by atoms with Gasteiger partial charge in [0.15, 0.2) is 0 Å². The van der Waals surface area contributed by atoms with E-state index < -0.39 is 10.1 Å². The molecule has 0 saturated heterocycles. The number of hydrogen-bond donors (Lipinski definition) is 2. The molecule has 2 aromatic rings. The van der Waals surface area contributed by atoms with Gasteiger partial charge in [-0.2, -0.15) is 8.42 Å². The predicted octanol–water partition coefficient (Wildman–Crippen LogP) is 0.387. The average Bonchev–Trinajstić information content (AvgIpc) is 2.31. The van der Waals surface area contributed by atoms with Crippen LogP contribution in [-0.4, -0.2) is 27.9 Å².